The van der Waals surface area contributed by atoms with E-state index in [1.54, 1.807) is 30.5 Å². The maximum atomic E-state index is 12.7. The van der Waals surface area contributed by atoms with Gasteiger partial charge in [-0.25, -0.2) is 9.98 Å². The van der Waals surface area contributed by atoms with E-state index in [0.717, 1.165) is 64.1 Å². The first kappa shape index (κ1) is 26.2. The summed E-state index contributed by atoms with van der Waals surface area (Å²) in [7, 11) is -3.78. The van der Waals surface area contributed by atoms with Gasteiger partial charge in [-0.3, -0.25) is 4.18 Å². The zero-order chi connectivity index (χ0) is 29.3. The number of pyridine rings is 1. The molecule has 0 spiro atoms. The number of aliphatic imine (C=N–C) groups is 1. The van der Waals surface area contributed by atoms with Gasteiger partial charge < -0.3 is 15.5 Å². The van der Waals surface area contributed by atoms with E-state index in [9.17, 15) is 8.42 Å². The van der Waals surface area contributed by atoms with Crippen LogP contribution in [0.15, 0.2) is 113 Å². The molecule has 216 valence electrons. The minimum atomic E-state index is -3.78. The first-order chi connectivity index (χ1) is 20.8. The van der Waals surface area contributed by atoms with E-state index in [4.69, 9.17) is 14.9 Å². The predicted octanol–water partition coefficient (Wildman–Crippen LogP) is 5.48. The number of fused-ring (bicyclic) bond motifs is 4. The highest BCUT2D eigenvalue weighted by Crippen LogP contribution is 2.62. The molecule has 0 radical (unpaired) electrons. The molecule has 2 fully saturated rings. The Kier molecular flexibility index (Phi) is 5.80. The van der Waals surface area contributed by atoms with Crippen LogP contribution in [0.5, 0.6) is 0 Å². The van der Waals surface area contributed by atoms with Gasteiger partial charge in [-0.2, -0.15) is 8.42 Å². The fourth-order valence-electron chi connectivity index (χ4n) is 6.88. The van der Waals surface area contributed by atoms with Crippen LogP contribution in [0.3, 0.4) is 0 Å². The molecule has 3 aromatic carbocycles. The van der Waals surface area contributed by atoms with Gasteiger partial charge in [-0.1, -0.05) is 66.2 Å². The summed E-state index contributed by atoms with van der Waals surface area (Å²) in [5.41, 5.74) is 13.3. The van der Waals surface area contributed by atoms with Crippen molar-refractivity contribution >= 4 is 32.6 Å². The first-order valence-electron chi connectivity index (χ1n) is 14.6. The van der Waals surface area contributed by atoms with Crippen molar-refractivity contribution in [3.8, 4) is 11.3 Å². The molecule has 8 nitrogen and oxygen atoms in total. The summed E-state index contributed by atoms with van der Waals surface area (Å²) in [5.74, 6) is 1.02. The highest BCUT2D eigenvalue weighted by atomic mass is 32.2. The standard InChI is InChI=1S/C34H31N5O3S/c1-22-7-12-28(13-8-22)43(40,41)42-20-23-17-27(18-23)34-21-39(34)31(32-33(35)36-15-16-38(32)34)26-10-9-25-11-14-29(37-30(25)19-26)24-5-3-2-4-6-24/h2-16,19,23,27H,17-18,20-21H2,1H3,(H2,35,36). The molecular formula is C34H31N5O3S. The normalized spacial score (nSPS) is 24.1. The van der Waals surface area contributed by atoms with E-state index in [1.807, 2.05) is 31.3 Å². The zero-order valence-electron chi connectivity index (χ0n) is 23.7. The van der Waals surface area contributed by atoms with Crippen LogP contribution in [0.2, 0.25) is 0 Å². The Hall–Kier alpha value is -4.47. The van der Waals surface area contributed by atoms with Gasteiger partial charge >= 0.3 is 0 Å². The zero-order valence-corrected chi connectivity index (χ0v) is 24.5. The van der Waals surface area contributed by atoms with Crippen LogP contribution in [0.25, 0.3) is 27.9 Å². The van der Waals surface area contributed by atoms with E-state index >= 15 is 0 Å². The summed E-state index contributed by atoms with van der Waals surface area (Å²) >= 11 is 0. The van der Waals surface area contributed by atoms with Crippen LogP contribution >= 0.6 is 0 Å². The summed E-state index contributed by atoms with van der Waals surface area (Å²) in [6.45, 7) is 2.99. The third-order valence-corrected chi connectivity index (χ3v) is 10.6. The number of aromatic nitrogens is 1. The minimum absolute atomic E-state index is 0.176. The maximum absolute atomic E-state index is 12.7. The monoisotopic (exact) mass is 589 g/mol. The quantitative estimate of drug-likeness (QED) is 0.225. The molecule has 2 N–H and O–H groups in total. The fourth-order valence-corrected chi connectivity index (χ4v) is 7.86. The second kappa shape index (κ2) is 9.52. The SMILES string of the molecule is Cc1ccc(S(=O)(=O)OCC2CC(C34CN3C(c3ccc5ccc(-c6ccccc6)nc5c3)=C3C(N)=NC=CN34)C2)cc1. The molecule has 4 aliphatic rings. The van der Waals surface area contributed by atoms with E-state index in [0.29, 0.717) is 11.8 Å². The Morgan fingerprint density at radius 1 is 0.953 bits per heavy atom. The third kappa shape index (κ3) is 4.17. The topological polar surface area (TPSA) is 101 Å². The smallest absolute Gasteiger partial charge is 0.296 e. The number of hydrogen-bond donors (Lipinski definition) is 1. The van der Waals surface area contributed by atoms with Crippen LogP contribution in [0.4, 0.5) is 0 Å². The van der Waals surface area contributed by atoms with Gasteiger partial charge in [0.25, 0.3) is 10.1 Å². The van der Waals surface area contributed by atoms with E-state index in [-0.39, 0.29) is 23.1 Å². The second-order valence-electron chi connectivity index (χ2n) is 11.9. The molecule has 9 heteroatoms. The molecule has 1 atom stereocenters. The molecular weight excluding hydrogens is 558 g/mol. The van der Waals surface area contributed by atoms with Crippen LogP contribution in [-0.2, 0) is 14.3 Å². The molecule has 4 heterocycles. The summed E-state index contributed by atoms with van der Waals surface area (Å²) in [6, 6.07) is 27.5. The Morgan fingerprint density at radius 3 is 2.51 bits per heavy atom. The molecule has 1 saturated carbocycles. The average molecular weight is 590 g/mol. The molecule has 1 saturated heterocycles. The van der Waals surface area contributed by atoms with Crippen molar-refractivity contribution in [3.63, 3.8) is 0 Å². The molecule has 8 rings (SSSR count). The molecule has 1 aliphatic carbocycles. The van der Waals surface area contributed by atoms with Crippen LogP contribution in [0, 0.1) is 18.8 Å². The van der Waals surface area contributed by atoms with Crippen molar-refractivity contribution < 1.29 is 12.6 Å². The van der Waals surface area contributed by atoms with Gasteiger partial charge in [-0.15, -0.1) is 0 Å². The van der Waals surface area contributed by atoms with Gasteiger partial charge in [0.1, 0.15) is 17.2 Å². The molecule has 4 aromatic rings. The number of nitrogens with zero attached hydrogens (tertiary/aromatic N) is 4. The molecule has 0 amide bonds. The third-order valence-electron chi connectivity index (χ3n) is 9.27. The predicted molar refractivity (Wildman–Crippen MR) is 167 cm³/mol. The number of nitrogens with two attached hydrogens (primary N) is 1. The van der Waals surface area contributed by atoms with Crippen molar-refractivity contribution in [2.24, 2.45) is 22.6 Å². The number of amidine groups is 1. The van der Waals surface area contributed by atoms with E-state index in [2.05, 4.69) is 57.3 Å². The lowest BCUT2D eigenvalue weighted by Crippen LogP contribution is -2.48. The van der Waals surface area contributed by atoms with Gasteiger partial charge in [0, 0.05) is 34.8 Å². The second-order valence-corrected chi connectivity index (χ2v) is 13.5. The molecule has 0 bridgehead atoms. The molecule has 1 aromatic heterocycles. The highest BCUT2D eigenvalue weighted by molar-refractivity contribution is 7.86. The number of benzene rings is 3. The largest absolute Gasteiger partial charge is 0.382 e. The highest BCUT2D eigenvalue weighted by Gasteiger charge is 2.69. The first-order valence-corrected chi connectivity index (χ1v) is 16.0. The summed E-state index contributed by atoms with van der Waals surface area (Å²) in [4.78, 5) is 14.4. The van der Waals surface area contributed by atoms with Crippen LogP contribution in [0.1, 0.15) is 24.0 Å². The fraction of sp³-hybridized carbons (Fsp3) is 0.235. The maximum Gasteiger partial charge on any atom is 0.296 e. The Balaban J connectivity index is 1.04. The van der Waals surface area contributed by atoms with Gasteiger partial charge in [0.15, 0.2) is 0 Å². The van der Waals surface area contributed by atoms with Crippen molar-refractivity contribution in [2.45, 2.75) is 30.3 Å². The Morgan fingerprint density at radius 2 is 1.72 bits per heavy atom. The lowest BCUT2D eigenvalue weighted by molar-refractivity contribution is 0.0469. The van der Waals surface area contributed by atoms with E-state index in [1.165, 1.54) is 0 Å². The van der Waals surface area contributed by atoms with Crippen molar-refractivity contribution in [1.29, 1.82) is 0 Å². The van der Waals surface area contributed by atoms with E-state index < -0.39 is 10.1 Å². The minimum Gasteiger partial charge on any atom is -0.382 e. The number of rotatable bonds is 7. The van der Waals surface area contributed by atoms with Crippen molar-refractivity contribution in [2.75, 3.05) is 13.2 Å². The van der Waals surface area contributed by atoms with Crippen molar-refractivity contribution in [3.05, 3.63) is 114 Å². The summed E-state index contributed by atoms with van der Waals surface area (Å²) < 4.78 is 30.9. The number of aryl methyl sites for hydroxylation is 1. The average Bonchev–Trinajstić information content (AvgIpc) is 3.65. The van der Waals surface area contributed by atoms with Gasteiger partial charge in [0.05, 0.1) is 35.0 Å². The lowest BCUT2D eigenvalue weighted by Gasteiger charge is -2.43. The summed E-state index contributed by atoms with van der Waals surface area (Å²) in [5, 5.41) is 1.08. The van der Waals surface area contributed by atoms with Crippen LogP contribution in [-0.4, -0.2) is 47.9 Å². The molecule has 1 unspecified atom stereocenters. The molecule has 3 aliphatic heterocycles. The van der Waals surface area contributed by atoms with Crippen LogP contribution < -0.4 is 5.73 Å². The Labute approximate surface area is 250 Å². The lowest BCUT2D eigenvalue weighted by atomic mass is 9.70. The Bertz CT molecular complexity index is 1960. The summed E-state index contributed by atoms with van der Waals surface area (Å²) in [6.07, 6.45) is 5.54. The van der Waals surface area contributed by atoms with Crippen molar-refractivity contribution in [1.82, 2.24) is 14.8 Å². The molecule has 43 heavy (non-hydrogen) atoms. The van der Waals surface area contributed by atoms with Gasteiger partial charge in [0.2, 0.25) is 0 Å². The van der Waals surface area contributed by atoms with Gasteiger partial charge in [-0.05, 0) is 49.9 Å². The number of hydrogen-bond acceptors (Lipinski definition) is 8.